The van der Waals surface area contributed by atoms with Gasteiger partial charge in [0.25, 0.3) is 0 Å². The molecule has 9 heavy (non-hydrogen) atoms. The minimum Gasteiger partial charge on any atom is -0.287 e. The van der Waals surface area contributed by atoms with Crippen molar-refractivity contribution in [3.8, 4) is 0 Å². The fraction of sp³-hybridized carbons (Fsp3) is 0.500. The molecular weight excluding hydrogens is 176 g/mol. The maximum absolute atomic E-state index is 10.1. The lowest BCUT2D eigenvalue weighted by Crippen LogP contribution is -1.95. The molecule has 0 bridgehead atoms. The van der Waals surface area contributed by atoms with E-state index in [-0.39, 0.29) is 21.7 Å². The molecule has 0 saturated heterocycles. The molecular formula is C4H6O2S3. The molecule has 0 heterocycles. The van der Waals surface area contributed by atoms with Crippen molar-refractivity contribution in [3.63, 3.8) is 0 Å². The van der Waals surface area contributed by atoms with Gasteiger partial charge in [0.2, 0.25) is 0 Å². The third kappa shape index (κ3) is 8.39. The van der Waals surface area contributed by atoms with E-state index in [9.17, 15) is 9.59 Å². The van der Waals surface area contributed by atoms with Crippen molar-refractivity contribution in [1.82, 2.24) is 0 Å². The van der Waals surface area contributed by atoms with Gasteiger partial charge in [-0.25, -0.2) is 0 Å². The fourth-order valence-corrected chi connectivity index (χ4v) is 1.22. The smallest absolute Gasteiger partial charge is 0.195 e. The van der Waals surface area contributed by atoms with Crippen LogP contribution in [-0.2, 0) is 9.59 Å². The third-order valence-electron chi connectivity index (χ3n) is 0.451. The number of carbonyl (C=O) groups excluding carboxylic acids is 2. The lowest BCUT2D eigenvalue weighted by molar-refractivity contribution is -0.109. The average molecular weight is 182 g/mol. The second kappa shape index (κ2) is 5.20. The van der Waals surface area contributed by atoms with E-state index in [2.05, 4.69) is 25.3 Å². The Morgan fingerprint density at radius 3 is 1.67 bits per heavy atom. The first-order valence-corrected chi connectivity index (χ1v) is 4.19. The molecule has 0 aromatic rings. The number of rotatable bonds is 4. The van der Waals surface area contributed by atoms with Crippen LogP contribution in [0.25, 0.3) is 0 Å². The van der Waals surface area contributed by atoms with Gasteiger partial charge in [-0.15, -0.1) is 37.0 Å². The van der Waals surface area contributed by atoms with Crippen LogP contribution in [0.5, 0.6) is 0 Å². The van der Waals surface area contributed by atoms with Gasteiger partial charge < -0.3 is 0 Å². The van der Waals surface area contributed by atoms with Crippen LogP contribution in [-0.4, -0.2) is 21.7 Å². The van der Waals surface area contributed by atoms with Gasteiger partial charge in [0, 0.05) is 0 Å². The van der Waals surface area contributed by atoms with E-state index in [1.54, 1.807) is 0 Å². The van der Waals surface area contributed by atoms with Crippen LogP contribution >= 0.6 is 37.0 Å². The summed E-state index contributed by atoms with van der Waals surface area (Å²) in [6.45, 7) is 0. The average Bonchev–Trinajstić information content (AvgIpc) is 1.63. The molecule has 0 fully saturated rings. The zero-order chi connectivity index (χ0) is 7.28. The third-order valence-corrected chi connectivity index (χ3v) is 2.13. The number of hydrogen-bond acceptors (Lipinski definition) is 3. The van der Waals surface area contributed by atoms with Crippen LogP contribution in [0, 0.1) is 0 Å². The number of thioether (sulfide) groups is 1. The van der Waals surface area contributed by atoms with Gasteiger partial charge >= 0.3 is 0 Å². The highest BCUT2D eigenvalue weighted by atomic mass is 32.2. The van der Waals surface area contributed by atoms with E-state index < -0.39 is 0 Å². The summed E-state index contributed by atoms with van der Waals surface area (Å²) in [5.74, 6) is 0.546. The molecule has 0 unspecified atom stereocenters. The zero-order valence-corrected chi connectivity index (χ0v) is 7.14. The van der Waals surface area contributed by atoms with Crippen LogP contribution in [0.4, 0.5) is 0 Å². The van der Waals surface area contributed by atoms with E-state index in [0.29, 0.717) is 0 Å². The van der Waals surface area contributed by atoms with Crippen molar-refractivity contribution in [1.29, 1.82) is 0 Å². The maximum Gasteiger partial charge on any atom is 0.195 e. The molecule has 5 heteroatoms. The molecule has 0 saturated carbocycles. The van der Waals surface area contributed by atoms with Crippen LogP contribution in [0.3, 0.4) is 0 Å². The monoisotopic (exact) mass is 182 g/mol. The molecule has 0 radical (unpaired) electrons. The normalized spacial score (nSPS) is 9.11. The Labute approximate surface area is 68.6 Å². The SMILES string of the molecule is O=C(S)CSCC(=O)S. The first-order chi connectivity index (χ1) is 4.13. The zero-order valence-electron chi connectivity index (χ0n) is 4.53. The molecule has 0 rings (SSSR count). The summed E-state index contributed by atoms with van der Waals surface area (Å²) in [5.41, 5.74) is 0. The van der Waals surface area contributed by atoms with Crippen LogP contribution in [0.15, 0.2) is 0 Å². The van der Waals surface area contributed by atoms with Crippen molar-refractivity contribution in [2.24, 2.45) is 0 Å². The summed E-state index contributed by atoms with van der Waals surface area (Å²) < 4.78 is 0. The maximum atomic E-state index is 10.1. The summed E-state index contributed by atoms with van der Waals surface area (Å²) in [7, 11) is 0. The molecule has 0 aromatic carbocycles. The van der Waals surface area contributed by atoms with Crippen LogP contribution in [0.1, 0.15) is 0 Å². The molecule has 0 aromatic heterocycles. The summed E-state index contributed by atoms with van der Waals surface area (Å²) in [6.07, 6.45) is 0. The fourth-order valence-electron chi connectivity index (χ4n) is 0.226. The van der Waals surface area contributed by atoms with Crippen molar-refractivity contribution in [2.45, 2.75) is 0 Å². The lowest BCUT2D eigenvalue weighted by atomic mass is 10.9. The highest BCUT2D eigenvalue weighted by Gasteiger charge is 1.96. The van der Waals surface area contributed by atoms with Gasteiger partial charge in [-0.3, -0.25) is 9.59 Å². The minimum absolute atomic E-state index is 0.213. The molecule has 52 valence electrons. The number of thiol groups is 2. The van der Waals surface area contributed by atoms with Gasteiger partial charge in [-0.1, -0.05) is 0 Å². The van der Waals surface area contributed by atoms with E-state index in [0.717, 1.165) is 0 Å². The highest BCUT2D eigenvalue weighted by molar-refractivity contribution is 8.07. The first kappa shape index (κ1) is 9.39. The Kier molecular flexibility index (Phi) is 5.42. The van der Waals surface area contributed by atoms with Gasteiger partial charge in [-0.2, -0.15) is 0 Å². The molecule has 2 nitrogen and oxygen atoms in total. The Morgan fingerprint density at radius 2 is 1.44 bits per heavy atom. The Bertz CT molecular complexity index is 109. The van der Waals surface area contributed by atoms with Gasteiger partial charge in [0.05, 0.1) is 11.5 Å². The molecule has 0 amide bonds. The molecule has 0 spiro atoms. The van der Waals surface area contributed by atoms with Crippen LogP contribution < -0.4 is 0 Å². The van der Waals surface area contributed by atoms with Crippen molar-refractivity contribution in [3.05, 3.63) is 0 Å². The molecule has 0 N–H and O–H groups in total. The standard InChI is InChI=1S/C4H6O2S3/c5-3(7)1-9-2-4(6)8/h1-2H2,(H,5,7)(H,6,8). The molecule has 0 aliphatic rings. The molecule has 0 atom stereocenters. The second-order valence-electron chi connectivity index (χ2n) is 1.28. The van der Waals surface area contributed by atoms with Crippen molar-refractivity contribution in [2.75, 3.05) is 11.5 Å². The summed E-state index contributed by atoms with van der Waals surface area (Å²) in [4.78, 5) is 20.3. The Balaban J connectivity index is 3.10. The largest absolute Gasteiger partial charge is 0.287 e. The molecule has 0 aliphatic carbocycles. The first-order valence-electron chi connectivity index (χ1n) is 2.14. The van der Waals surface area contributed by atoms with Gasteiger partial charge in [0.15, 0.2) is 10.2 Å². The highest BCUT2D eigenvalue weighted by Crippen LogP contribution is 2.02. The van der Waals surface area contributed by atoms with E-state index in [4.69, 9.17) is 0 Å². The summed E-state index contributed by atoms with van der Waals surface area (Å²) in [6, 6.07) is 0. The predicted octanol–water partition coefficient (Wildman–Crippen LogP) is 0.632. The van der Waals surface area contributed by atoms with E-state index in [1.807, 2.05) is 0 Å². The number of hydrogen-bond donors (Lipinski definition) is 2. The van der Waals surface area contributed by atoms with E-state index >= 15 is 0 Å². The molecule has 0 aliphatic heterocycles. The van der Waals surface area contributed by atoms with Gasteiger partial charge in [-0.05, 0) is 0 Å². The Hall–Kier alpha value is 0.390. The van der Waals surface area contributed by atoms with Gasteiger partial charge in [0.1, 0.15) is 0 Å². The predicted molar refractivity (Wildman–Crippen MR) is 45.3 cm³/mol. The minimum atomic E-state index is -0.213. The Morgan fingerprint density at radius 1 is 1.11 bits per heavy atom. The number of carbonyl (C=O) groups is 2. The van der Waals surface area contributed by atoms with Crippen molar-refractivity contribution >= 4 is 47.3 Å². The second-order valence-corrected chi connectivity index (χ2v) is 3.26. The summed E-state index contributed by atoms with van der Waals surface area (Å²) in [5, 5.41) is -0.427. The lowest BCUT2D eigenvalue weighted by Gasteiger charge is -1.90. The van der Waals surface area contributed by atoms with Crippen LogP contribution in [0.2, 0.25) is 0 Å². The quantitative estimate of drug-likeness (QED) is 0.626. The topological polar surface area (TPSA) is 34.1 Å². The van der Waals surface area contributed by atoms with Crippen molar-refractivity contribution < 1.29 is 9.59 Å². The van der Waals surface area contributed by atoms with E-state index in [1.165, 1.54) is 11.8 Å². The summed E-state index contributed by atoms with van der Waals surface area (Å²) >= 11 is 8.23.